The van der Waals surface area contributed by atoms with Crippen molar-refractivity contribution in [3.63, 3.8) is 0 Å². The summed E-state index contributed by atoms with van der Waals surface area (Å²) in [5, 5.41) is 9.58. The van der Waals surface area contributed by atoms with E-state index < -0.39 is 17.1 Å². The molecule has 1 rings (SSSR count). The predicted octanol–water partition coefficient (Wildman–Crippen LogP) is 0.715. The molecule has 0 atom stereocenters. The summed E-state index contributed by atoms with van der Waals surface area (Å²) in [6.45, 7) is 0.000924. The molecule has 9 heteroatoms. The minimum absolute atomic E-state index is 0.000924. The lowest BCUT2D eigenvalue weighted by atomic mass is 10.6. The molecule has 5 nitrogen and oxygen atoms in total. The minimum Gasteiger partial charge on any atom is -0.311 e. The molecular weight excluding hydrogens is 233 g/mol. The van der Waals surface area contributed by atoms with Gasteiger partial charge in [-0.25, -0.2) is 0 Å². The Morgan fingerprint density at radius 2 is 2.13 bits per heavy atom. The van der Waals surface area contributed by atoms with E-state index in [1.165, 1.54) is 0 Å². The van der Waals surface area contributed by atoms with Crippen molar-refractivity contribution in [1.29, 1.82) is 0 Å². The molecule has 0 unspecified atom stereocenters. The molecule has 1 aromatic rings. The fraction of sp³-hybridized carbons (Fsp3) is 0.500. The first-order valence-electron chi connectivity index (χ1n) is 3.78. The predicted molar refractivity (Wildman–Crippen MR) is 47.5 cm³/mol. The maximum Gasteiger partial charge on any atom is 0.445 e. The number of hydrogen-bond donors (Lipinski definition) is 2. The standard InChI is InChI=1S/C6H7F3N4OS/c1-10-2-3(14)11-5-13-12-4(15-5)6(7,8)9/h10H,2H2,1H3,(H,11,13,14). The van der Waals surface area contributed by atoms with Crippen molar-refractivity contribution in [2.45, 2.75) is 6.18 Å². The van der Waals surface area contributed by atoms with Crippen molar-refractivity contribution >= 4 is 22.4 Å². The summed E-state index contributed by atoms with van der Waals surface area (Å²) in [6, 6.07) is 0. The van der Waals surface area contributed by atoms with Gasteiger partial charge >= 0.3 is 6.18 Å². The van der Waals surface area contributed by atoms with E-state index in [4.69, 9.17) is 0 Å². The number of amides is 1. The second-order valence-electron chi connectivity index (χ2n) is 2.49. The Labute approximate surface area is 86.7 Å². The zero-order valence-corrected chi connectivity index (χ0v) is 8.37. The smallest absolute Gasteiger partial charge is 0.311 e. The molecule has 0 aromatic carbocycles. The van der Waals surface area contributed by atoms with Crippen LogP contribution >= 0.6 is 11.3 Å². The monoisotopic (exact) mass is 240 g/mol. The number of nitrogens with zero attached hydrogens (tertiary/aromatic N) is 2. The zero-order chi connectivity index (χ0) is 11.5. The van der Waals surface area contributed by atoms with Crippen LogP contribution in [0.2, 0.25) is 0 Å². The Balaban J connectivity index is 2.65. The van der Waals surface area contributed by atoms with E-state index >= 15 is 0 Å². The van der Waals surface area contributed by atoms with Crippen LogP contribution < -0.4 is 10.6 Å². The third-order valence-corrected chi connectivity index (χ3v) is 2.13. The van der Waals surface area contributed by atoms with E-state index in [0.29, 0.717) is 0 Å². The van der Waals surface area contributed by atoms with Gasteiger partial charge in [-0.15, -0.1) is 10.2 Å². The van der Waals surface area contributed by atoms with Crippen LogP contribution in [-0.4, -0.2) is 29.7 Å². The minimum atomic E-state index is -4.52. The number of carbonyl (C=O) groups excluding carboxylic acids is 1. The fourth-order valence-corrected chi connectivity index (χ4v) is 1.34. The Kier molecular flexibility index (Phi) is 3.58. The first kappa shape index (κ1) is 11.9. The molecule has 0 radical (unpaired) electrons. The Morgan fingerprint density at radius 3 is 2.60 bits per heavy atom. The van der Waals surface area contributed by atoms with Crippen LogP contribution in [0.25, 0.3) is 0 Å². The molecule has 1 heterocycles. The van der Waals surface area contributed by atoms with Crippen LogP contribution in [0.3, 0.4) is 0 Å². The molecule has 0 spiro atoms. The molecule has 15 heavy (non-hydrogen) atoms. The first-order valence-corrected chi connectivity index (χ1v) is 4.60. The molecule has 1 aromatic heterocycles. The van der Waals surface area contributed by atoms with Gasteiger partial charge in [-0.3, -0.25) is 10.1 Å². The molecule has 1 amide bonds. The van der Waals surface area contributed by atoms with Crippen molar-refractivity contribution in [3.8, 4) is 0 Å². The number of hydrogen-bond acceptors (Lipinski definition) is 5. The van der Waals surface area contributed by atoms with Crippen molar-refractivity contribution < 1.29 is 18.0 Å². The lowest BCUT2D eigenvalue weighted by Crippen LogP contribution is -2.24. The summed E-state index contributed by atoms with van der Waals surface area (Å²) in [4.78, 5) is 11.0. The third-order valence-electron chi connectivity index (χ3n) is 1.25. The van der Waals surface area contributed by atoms with Crippen molar-refractivity contribution in [2.24, 2.45) is 0 Å². The Hall–Kier alpha value is -1.22. The Morgan fingerprint density at radius 1 is 1.47 bits per heavy atom. The summed E-state index contributed by atoms with van der Waals surface area (Å²) in [7, 11) is 1.54. The lowest BCUT2D eigenvalue weighted by Gasteiger charge is -1.99. The highest BCUT2D eigenvalue weighted by Crippen LogP contribution is 2.32. The number of halogens is 3. The normalized spacial score (nSPS) is 11.5. The number of anilines is 1. The van der Waals surface area contributed by atoms with Gasteiger partial charge in [-0.2, -0.15) is 13.2 Å². The fourth-order valence-electron chi connectivity index (χ4n) is 0.712. The molecular formula is C6H7F3N4OS. The van der Waals surface area contributed by atoms with Gasteiger partial charge in [0.15, 0.2) is 0 Å². The molecule has 0 bridgehead atoms. The van der Waals surface area contributed by atoms with Gasteiger partial charge in [-0.1, -0.05) is 11.3 Å². The van der Waals surface area contributed by atoms with Crippen LogP contribution in [0.15, 0.2) is 0 Å². The number of likely N-dealkylation sites (N-methyl/N-ethyl adjacent to an activating group) is 1. The summed E-state index contributed by atoms with van der Waals surface area (Å²) >= 11 is 0.287. The van der Waals surface area contributed by atoms with Gasteiger partial charge in [0, 0.05) is 0 Å². The summed E-state index contributed by atoms with van der Waals surface area (Å²) < 4.78 is 36.2. The molecule has 0 saturated carbocycles. The van der Waals surface area contributed by atoms with Gasteiger partial charge < -0.3 is 5.32 Å². The van der Waals surface area contributed by atoms with E-state index in [0.717, 1.165) is 0 Å². The van der Waals surface area contributed by atoms with E-state index in [1.807, 2.05) is 0 Å². The topological polar surface area (TPSA) is 66.9 Å². The van der Waals surface area contributed by atoms with E-state index in [1.54, 1.807) is 7.05 Å². The molecule has 0 fully saturated rings. The van der Waals surface area contributed by atoms with Crippen LogP contribution in [0.5, 0.6) is 0 Å². The zero-order valence-electron chi connectivity index (χ0n) is 7.55. The second kappa shape index (κ2) is 4.53. The van der Waals surface area contributed by atoms with Gasteiger partial charge in [0.05, 0.1) is 6.54 Å². The second-order valence-corrected chi connectivity index (χ2v) is 3.47. The highest BCUT2D eigenvalue weighted by molar-refractivity contribution is 7.15. The largest absolute Gasteiger partial charge is 0.445 e. The average molecular weight is 240 g/mol. The van der Waals surface area contributed by atoms with Crippen LogP contribution in [0, 0.1) is 0 Å². The van der Waals surface area contributed by atoms with Gasteiger partial charge in [0.1, 0.15) is 0 Å². The van der Waals surface area contributed by atoms with Gasteiger partial charge in [0.2, 0.25) is 16.0 Å². The lowest BCUT2D eigenvalue weighted by molar-refractivity contribution is -0.138. The number of aromatic nitrogens is 2. The number of alkyl halides is 3. The molecule has 84 valence electrons. The number of rotatable bonds is 3. The summed E-state index contributed by atoms with van der Waals surface area (Å²) in [5.41, 5.74) is 0. The average Bonchev–Trinajstić information content (AvgIpc) is 2.52. The third kappa shape index (κ3) is 3.44. The van der Waals surface area contributed by atoms with Crippen LogP contribution in [0.4, 0.5) is 18.3 Å². The number of carbonyl (C=O) groups is 1. The SMILES string of the molecule is CNCC(=O)Nc1nnc(C(F)(F)F)s1. The quantitative estimate of drug-likeness (QED) is 0.816. The van der Waals surface area contributed by atoms with Gasteiger partial charge in [0.25, 0.3) is 0 Å². The molecule has 0 aliphatic rings. The highest BCUT2D eigenvalue weighted by atomic mass is 32.1. The Bertz CT molecular complexity index is 350. The molecule has 0 saturated heterocycles. The van der Waals surface area contributed by atoms with E-state index in [2.05, 4.69) is 20.8 Å². The highest BCUT2D eigenvalue weighted by Gasteiger charge is 2.35. The van der Waals surface area contributed by atoms with Crippen molar-refractivity contribution in [1.82, 2.24) is 15.5 Å². The molecule has 0 aliphatic carbocycles. The molecule has 2 N–H and O–H groups in total. The van der Waals surface area contributed by atoms with Crippen molar-refractivity contribution in [3.05, 3.63) is 5.01 Å². The number of nitrogens with one attached hydrogen (secondary N) is 2. The van der Waals surface area contributed by atoms with E-state index in [9.17, 15) is 18.0 Å². The van der Waals surface area contributed by atoms with Gasteiger partial charge in [-0.05, 0) is 7.05 Å². The van der Waals surface area contributed by atoms with Crippen molar-refractivity contribution in [2.75, 3.05) is 18.9 Å². The summed E-state index contributed by atoms with van der Waals surface area (Å²) in [6.07, 6.45) is -4.52. The maximum atomic E-state index is 12.1. The van der Waals surface area contributed by atoms with Crippen LogP contribution in [-0.2, 0) is 11.0 Å². The summed E-state index contributed by atoms with van der Waals surface area (Å²) in [5.74, 6) is -0.470. The first-order chi connectivity index (χ1) is 6.93. The molecule has 0 aliphatic heterocycles. The maximum absolute atomic E-state index is 12.1. The van der Waals surface area contributed by atoms with Crippen LogP contribution in [0.1, 0.15) is 5.01 Å². The van der Waals surface area contributed by atoms with E-state index in [-0.39, 0.29) is 23.0 Å².